The largest absolute Gasteiger partial charge is 0.380 e. The SMILES string of the molecule is CCOC[C@H](N)CC(C)(C)CCC(C)OC[C@H](N)CC(C)(C)C. The smallest absolute Gasteiger partial charge is 0.0621 e. The first kappa shape index (κ1) is 22.8. The molecule has 4 nitrogen and oxygen atoms in total. The van der Waals surface area contributed by atoms with Crippen LogP contribution in [0.5, 0.6) is 0 Å². The Balaban J connectivity index is 4.00. The molecule has 0 bridgehead atoms. The van der Waals surface area contributed by atoms with Crippen LogP contribution in [0.2, 0.25) is 0 Å². The van der Waals surface area contributed by atoms with E-state index in [0.717, 1.165) is 32.3 Å². The van der Waals surface area contributed by atoms with Gasteiger partial charge >= 0.3 is 0 Å². The molecule has 3 atom stereocenters. The molecule has 0 aliphatic carbocycles. The van der Waals surface area contributed by atoms with Gasteiger partial charge < -0.3 is 20.9 Å². The van der Waals surface area contributed by atoms with Gasteiger partial charge in [-0.05, 0) is 50.4 Å². The zero-order valence-electron chi connectivity index (χ0n) is 16.7. The lowest BCUT2D eigenvalue weighted by molar-refractivity contribution is 0.0347. The summed E-state index contributed by atoms with van der Waals surface area (Å²) in [4.78, 5) is 0. The van der Waals surface area contributed by atoms with Gasteiger partial charge in [-0.2, -0.15) is 0 Å². The molecular weight excluding hydrogens is 288 g/mol. The molecule has 0 spiro atoms. The fourth-order valence-electron chi connectivity index (χ4n) is 2.95. The molecular formula is C19H42N2O2. The molecule has 4 heteroatoms. The molecule has 0 radical (unpaired) electrons. The molecule has 0 aliphatic rings. The number of nitrogens with two attached hydrogens (primary N) is 2. The summed E-state index contributed by atoms with van der Waals surface area (Å²) in [5.41, 5.74) is 12.7. The molecule has 4 N–H and O–H groups in total. The van der Waals surface area contributed by atoms with Gasteiger partial charge in [0.05, 0.1) is 19.3 Å². The summed E-state index contributed by atoms with van der Waals surface area (Å²) in [6.07, 6.45) is 4.34. The van der Waals surface area contributed by atoms with E-state index in [4.69, 9.17) is 20.9 Å². The highest BCUT2D eigenvalue weighted by molar-refractivity contribution is 4.77. The molecule has 0 aromatic heterocycles. The molecule has 140 valence electrons. The number of ether oxygens (including phenoxy) is 2. The Morgan fingerprint density at radius 1 is 0.913 bits per heavy atom. The van der Waals surface area contributed by atoms with Crippen molar-refractivity contribution in [2.45, 2.75) is 92.3 Å². The van der Waals surface area contributed by atoms with Crippen molar-refractivity contribution in [1.82, 2.24) is 0 Å². The minimum absolute atomic E-state index is 0.112. The Morgan fingerprint density at radius 3 is 2.00 bits per heavy atom. The van der Waals surface area contributed by atoms with Crippen LogP contribution in [-0.4, -0.2) is 38.0 Å². The van der Waals surface area contributed by atoms with Crippen molar-refractivity contribution in [3.8, 4) is 0 Å². The van der Waals surface area contributed by atoms with Crippen molar-refractivity contribution < 1.29 is 9.47 Å². The zero-order valence-corrected chi connectivity index (χ0v) is 16.7. The molecule has 0 aromatic carbocycles. The van der Waals surface area contributed by atoms with Crippen LogP contribution in [0.15, 0.2) is 0 Å². The predicted octanol–water partition coefficient (Wildman–Crippen LogP) is 3.72. The van der Waals surface area contributed by atoms with Crippen molar-refractivity contribution >= 4 is 0 Å². The van der Waals surface area contributed by atoms with E-state index in [1.54, 1.807) is 0 Å². The maximum Gasteiger partial charge on any atom is 0.0621 e. The van der Waals surface area contributed by atoms with Crippen LogP contribution in [0.1, 0.15) is 74.1 Å². The van der Waals surface area contributed by atoms with E-state index in [2.05, 4.69) is 41.5 Å². The topological polar surface area (TPSA) is 70.5 Å². The standard InChI is InChI=1S/C19H42N2O2/c1-8-22-13-17(21)12-19(6,7)10-9-15(2)23-14-16(20)11-18(3,4)5/h15-17H,8-14,20-21H2,1-7H3/t15?,16-,17-/m1/s1. The fraction of sp³-hybridized carbons (Fsp3) is 1.00. The molecule has 0 amide bonds. The third-order valence-corrected chi connectivity index (χ3v) is 4.05. The van der Waals surface area contributed by atoms with Crippen LogP contribution in [0.4, 0.5) is 0 Å². The minimum atomic E-state index is 0.112. The highest BCUT2D eigenvalue weighted by Gasteiger charge is 2.23. The first-order valence-corrected chi connectivity index (χ1v) is 9.15. The molecule has 23 heavy (non-hydrogen) atoms. The molecule has 0 rings (SSSR count). The molecule has 0 aliphatic heterocycles. The van der Waals surface area contributed by atoms with E-state index in [9.17, 15) is 0 Å². The number of hydrogen-bond acceptors (Lipinski definition) is 4. The Labute approximate surface area is 144 Å². The second-order valence-electron chi connectivity index (χ2n) is 9.00. The Kier molecular flexibility index (Phi) is 10.6. The lowest BCUT2D eigenvalue weighted by Gasteiger charge is -2.29. The molecule has 0 fully saturated rings. The van der Waals surface area contributed by atoms with Crippen LogP contribution in [0.25, 0.3) is 0 Å². The lowest BCUT2D eigenvalue weighted by Crippen LogP contribution is -2.34. The summed E-state index contributed by atoms with van der Waals surface area (Å²) < 4.78 is 11.3. The predicted molar refractivity (Wildman–Crippen MR) is 99.6 cm³/mol. The van der Waals surface area contributed by atoms with Gasteiger partial charge in [-0.25, -0.2) is 0 Å². The summed E-state index contributed by atoms with van der Waals surface area (Å²) in [5, 5.41) is 0. The van der Waals surface area contributed by atoms with Crippen molar-refractivity contribution in [3.05, 3.63) is 0 Å². The molecule has 1 unspecified atom stereocenters. The third kappa shape index (κ3) is 13.9. The third-order valence-electron chi connectivity index (χ3n) is 4.05. The van der Waals surface area contributed by atoms with E-state index in [-0.39, 0.29) is 29.0 Å². The Morgan fingerprint density at radius 2 is 1.48 bits per heavy atom. The van der Waals surface area contributed by atoms with Gasteiger partial charge in [0.25, 0.3) is 0 Å². The van der Waals surface area contributed by atoms with Gasteiger partial charge in [-0.1, -0.05) is 34.6 Å². The first-order chi connectivity index (χ1) is 10.4. The highest BCUT2D eigenvalue weighted by atomic mass is 16.5. The van der Waals surface area contributed by atoms with Gasteiger partial charge in [-0.3, -0.25) is 0 Å². The monoisotopic (exact) mass is 330 g/mol. The van der Waals surface area contributed by atoms with Crippen LogP contribution in [-0.2, 0) is 9.47 Å². The first-order valence-electron chi connectivity index (χ1n) is 9.15. The van der Waals surface area contributed by atoms with Gasteiger partial charge in [0, 0.05) is 18.7 Å². The maximum absolute atomic E-state index is 6.15. The minimum Gasteiger partial charge on any atom is -0.380 e. The number of hydrogen-bond donors (Lipinski definition) is 2. The van der Waals surface area contributed by atoms with Crippen LogP contribution < -0.4 is 11.5 Å². The maximum atomic E-state index is 6.15. The van der Waals surface area contributed by atoms with Crippen LogP contribution in [0.3, 0.4) is 0 Å². The van der Waals surface area contributed by atoms with E-state index < -0.39 is 0 Å². The molecule has 0 heterocycles. The second-order valence-corrected chi connectivity index (χ2v) is 9.00. The summed E-state index contributed by atoms with van der Waals surface area (Å²) in [6.45, 7) is 17.3. The van der Waals surface area contributed by atoms with Gasteiger partial charge in [-0.15, -0.1) is 0 Å². The quantitative estimate of drug-likeness (QED) is 0.572. The Hall–Kier alpha value is -0.160. The highest BCUT2D eigenvalue weighted by Crippen LogP contribution is 2.29. The fourth-order valence-corrected chi connectivity index (χ4v) is 2.95. The van der Waals surface area contributed by atoms with Crippen molar-refractivity contribution in [3.63, 3.8) is 0 Å². The average molecular weight is 331 g/mol. The average Bonchev–Trinajstić information content (AvgIpc) is 2.38. The van der Waals surface area contributed by atoms with Crippen molar-refractivity contribution in [2.75, 3.05) is 19.8 Å². The van der Waals surface area contributed by atoms with E-state index in [1.165, 1.54) is 0 Å². The van der Waals surface area contributed by atoms with Crippen LogP contribution >= 0.6 is 0 Å². The molecule has 0 saturated heterocycles. The molecule has 0 aromatic rings. The Bertz CT molecular complexity index is 300. The molecule has 0 saturated carbocycles. The zero-order chi connectivity index (χ0) is 18.1. The van der Waals surface area contributed by atoms with Gasteiger partial charge in [0.1, 0.15) is 0 Å². The van der Waals surface area contributed by atoms with Crippen molar-refractivity contribution in [2.24, 2.45) is 22.3 Å². The number of rotatable bonds is 12. The summed E-state index contributed by atoms with van der Waals surface area (Å²) in [7, 11) is 0. The van der Waals surface area contributed by atoms with E-state index in [0.29, 0.717) is 13.2 Å². The normalized spacial score (nSPS) is 17.1. The van der Waals surface area contributed by atoms with Crippen molar-refractivity contribution in [1.29, 1.82) is 0 Å². The lowest BCUT2D eigenvalue weighted by atomic mass is 9.81. The second kappa shape index (κ2) is 10.7. The summed E-state index contributed by atoms with van der Waals surface area (Å²) in [6, 6.07) is 0.228. The van der Waals surface area contributed by atoms with Crippen LogP contribution in [0, 0.1) is 10.8 Å². The summed E-state index contributed by atoms with van der Waals surface area (Å²) in [5.74, 6) is 0. The van der Waals surface area contributed by atoms with E-state index >= 15 is 0 Å². The van der Waals surface area contributed by atoms with Gasteiger partial charge in [0.15, 0.2) is 0 Å². The van der Waals surface area contributed by atoms with Gasteiger partial charge in [0.2, 0.25) is 0 Å². The van der Waals surface area contributed by atoms with E-state index in [1.807, 2.05) is 6.92 Å². The summed E-state index contributed by atoms with van der Waals surface area (Å²) >= 11 is 0.